The number of carbonyl (C=O) groups excluding carboxylic acids is 2. The summed E-state index contributed by atoms with van der Waals surface area (Å²) in [7, 11) is 0. The number of esters is 1. The lowest BCUT2D eigenvalue weighted by Gasteiger charge is -2.07. The number of benzene rings is 2. The van der Waals surface area contributed by atoms with Gasteiger partial charge >= 0.3 is 5.97 Å². The summed E-state index contributed by atoms with van der Waals surface area (Å²) in [5.74, 6) is -1.21. The number of rotatable bonds is 5. The minimum absolute atomic E-state index is 0.135. The second kappa shape index (κ2) is 6.65. The Balaban J connectivity index is 2.15. The van der Waals surface area contributed by atoms with Crippen LogP contribution in [0.2, 0.25) is 0 Å². The van der Waals surface area contributed by atoms with E-state index in [0.29, 0.717) is 11.5 Å². The molecule has 0 aliphatic heterocycles. The van der Waals surface area contributed by atoms with Crippen molar-refractivity contribution in [1.82, 2.24) is 0 Å². The smallest absolute Gasteiger partial charge is 0.379 e. The summed E-state index contributed by atoms with van der Waals surface area (Å²) >= 11 is 0. The van der Waals surface area contributed by atoms with Crippen molar-refractivity contribution in [1.29, 1.82) is 0 Å². The molecule has 0 aliphatic carbocycles. The molecule has 0 fully saturated rings. The third-order valence-corrected chi connectivity index (χ3v) is 2.61. The summed E-state index contributed by atoms with van der Waals surface area (Å²) in [6.07, 6.45) is 0. The predicted molar refractivity (Wildman–Crippen MR) is 73.9 cm³/mol. The van der Waals surface area contributed by atoms with Gasteiger partial charge in [-0.3, -0.25) is 4.79 Å². The first-order valence-electron chi connectivity index (χ1n) is 6.35. The molecule has 0 N–H and O–H groups in total. The maximum Gasteiger partial charge on any atom is 0.379 e. The van der Waals surface area contributed by atoms with Crippen molar-refractivity contribution in [2.75, 3.05) is 6.61 Å². The molecule has 4 nitrogen and oxygen atoms in total. The molecular weight excluding hydrogens is 275 g/mol. The number of carbonyl (C=O) groups is 2. The van der Waals surface area contributed by atoms with E-state index >= 15 is 0 Å². The SMILES string of the molecule is CCOC(=O)C(=O)c1cccc(Oc2ccc(F)cc2)c1. The Morgan fingerprint density at radius 2 is 1.76 bits per heavy atom. The van der Waals surface area contributed by atoms with Gasteiger partial charge in [0.25, 0.3) is 5.78 Å². The molecule has 0 atom stereocenters. The topological polar surface area (TPSA) is 52.6 Å². The van der Waals surface area contributed by atoms with Crippen molar-refractivity contribution in [3.05, 3.63) is 59.9 Å². The van der Waals surface area contributed by atoms with E-state index < -0.39 is 11.8 Å². The molecule has 5 heteroatoms. The summed E-state index contributed by atoms with van der Waals surface area (Å²) in [5, 5.41) is 0. The molecule has 2 aromatic rings. The third kappa shape index (κ3) is 3.89. The van der Waals surface area contributed by atoms with Gasteiger partial charge in [-0.15, -0.1) is 0 Å². The summed E-state index contributed by atoms with van der Waals surface area (Å²) in [6, 6.07) is 11.6. The molecule has 0 saturated carbocycles. The molecule has 2 aromatic carbocycles. The van der Waals surface area contributed by atoms with Gasteiger partial charge in [0.15, 0.2) is 0 Å². The molecule has 21 heavy (non-hydrogen) atoms. The summed E-state index contributed by atoms with van der Waals surface area (Å²) in [5.41, 5.74) is 0.174. The molecule has 108 valence electrons. The van der Waals surface area contributed by atoms with Crippen molar-refractivity contribution >= 4 is 11.8 Å². The highest BCUT2D eigenvalue weighted by molar-refractivity contribution is 6.40. The highest BCUT2D eigenvalue weighted by Gasteiger charge is 2.17. The van der Waals surface area contributed by atoms with E-state index in [9.17, 15) is 14.0 Å². The Hall–Kier alpha value is -2.69. The zero-order chi connectivity index (χ0) is 15.2. The highest BCUT2D eigenvalue weighted by atomic mass is 19.1. The lowest BCUT2D eigenvalue weighted by molar-refractivity contribution is -0.137. The Kier molecular flexibility index (Phi) is 4.66. The first-order chi connectivity index (χ1) is 10.1. The number of Topliss-reactive ketones (excluding diaryl/α,β-unsaturated/α-hetero) is 1. The number of ketones is 1. The van der Waals surface area contributed by atoms with Gasteiger partial charge in [0, 0.05) is 5.56 Å². The molecule has 0 aromatic heterocycles. The van der Waals surface area contributed by atoms with Crippen LogP contribution in [0.5, 0.6) is 11.5 Å². The molecule has 0 amide bonds. The van der Waals surface area contributed by atoms with Crippen molar-refractivity contribution in [2.45, 2.75) is 6.92 Å². The normalized spacial score (nSPS) is 10.0. The van der Waals surface area contributed by atoms with E-state index in [-0.39, 0.29) is 18.0 Å². The molecule has 0 saturated heterocycles. The van der Waals surface area contributed by atoms with Crippen molar-refractivity contribution in [3.63, 3.8) is 0 Å². The second-order valence-corrected chi connectivity index (χ2v) is 4.13. The number of halogens is 1. The van der Waals surface area contributed by atoms with Crippen LogP contribution in [0.3, 0.4) is 0 Å². The first-order valence-corrected chi connectivity index (χ1v) is 6.35. The van der Waals surface area contributed by atoms with Gasteiger partial charge in [-0.25, -0.2) is 9.18 Å². The Morgan fingerprint density at radius 3 is 2.43 bits per heavy atom. The largest absolute Gasteiger partial charge is 0.460 e. The zero-order valence-electron chi connectivity index (χ0n) is 11.3. The van der Waals surface area contributed by atoms with Gasteiger partial charge in [-0.1, -0.05) is 12.1 Å². The number of hydrogen-bond acceptors (Lipinski definition) is 4. The van der Waals surface area contributed by atoms with Crippen LogP contribution in [-0.4, -0.2) is 18.4 Å². The van der Waals surface area contributed by atoms with Gasteiger partial charge in [-0.2, -0.15) is 0 Å². The second-order valence-electron chi connectivity index (χ2n) is 4.13. The summed E-state index contributed by atoms with van der Waals surface area (Å²) in [6.45, 7) is 1.76. The third-order valence-electron chi connectivity index (χ3n) is 2.61. The van der Waals surface area contributed by atoms with Gasteiger partial charge in [-0.05, 0) is 43.3 Å². The Labute approximate surface area is 121 Å². The van der Waals surface area contributed by atoms with Crippen LogP contribution in [0, 0.1) is 5.82 Å². The molecule has 0 unspecified atom stereocenters. The zero-order valence-corrected chi connectivity index (χ0v) is 11.3. The van der Waals surface area contributed by atoms with Crippen LogP contribution in [0.15, 0.2) is 48.5 Å². The van der Waals surface area contributed by atoms with Crippen LogP contribution in [0.1, 0.15) is 17.3 Å². The summed E-state index contributed by atoms with van der Waals surface area (Å²) in [4.78, 5) is 23.2. The van der Waals surface area contributed by atoms with Crippen LogP contribution in [0.25, 0.3) is 0 Å². The predicted octanol–water partition coefficient (Wildman–Crippen LogP) is 3.36. The van der Waals surface area contributed by atoms with Gasteiger partial charge in [0.1, 0.15) is 17.3 Å². The highest BCUT2D eigenvalue weighted by Crippen LogP contribution is 2.22. The maximum atomic E-state index is 12.8. The van der Waals surface area contributed by atoms with E-state index in [1.165, 1.54) is 36.4 Å². The van der Waals surface area contributed by atoms with E-state index in [2.05, 4.69) is 4.74 Å². The average molecular weight is 288 g/mol. The molecule has 2 rings (SSSR count). The van der Waals surface area contributed by atoms with Crippen molar-refractivity contribution < 1.29 is 23.5 Å². The standard InChI is InChI=1S/C16H13FO4/c1-2-20-16(19)15(18)11-4-3-5-14(10-11)21-13-8-6-12(17)7-9-13/h3-10H,2H2,1H3. The fourth-order valence-electron chi connectivity index (χ4n) is 1.65. The maximum absolute atomic E-state index is 12.8. The minimum atomic E-state index is -0.906. The van der Waals surface area contributed by atoms with Crippen LogP contribution in [-0.2, 0) is 9.53 Å². The quantitative estimate of drug-likeness (QED) is 0.481. The van der Waals surface area contributed by atoms with Crippen LogP contribution < -0.4 is 4.74 Å². The molecule has 0 bridgehead atoms. The Bertz CT molecular complexity index is 650. The minimum Gasteiger partial charge on any atom is -0.460 e. The van der Waals surface area contributed by atoms with E-state index in [4.69, 9.17) is 4.74 Å². The monoisotopic (exact) mass is 288 g/mol. The lowest BCUT2D eigenvalue weighted by Crippen LogP contribution is -2.17. The number of hydrogen-bond donors (Lipinski definition) is 0. The molecular formula is C16H13FO4. The fraction of sp³-hybridized carbons (Fsp3) is 0.125. The van der Waals surface area contributed by atoms with E-state index in [1.54, 1.807) is 19.1 Å². The molecule has 0 radical (unpaired) electrons. The van der Waals surface area contributed by atoms with Crippen molar-refractivity contribution in [2.24, 2.45) is 0 Å². The van der Waals surface area contributed by atoms with E-state index in [1.807, 2.05) is 0 Å². The lowest BCUT2D eigenvalue weighted by atomic mass is 10.1. The molecule has 0 aliphatic rings. The number of ether oxygens (including phenoxy) is 2. The van der Waals surface area contributed by atoms with Crippen LogP contribution >= 0.6 is 0 Å². The molecule has 0 heterocycles. The summed E-state index contributed by atoms with van der Waals surface area (Å²) < 4.78 is 23.0. The average Bonchev–Trinajstić information content (AvgIpc) is 2.49. The molecule has 0 spiro atoms. The first kappa shape index (κ1) is 14.7. The Morgan fingerprint density at radius 1 is 1.05 bits per heavy atom. The van der Waals surface area contributed by atoms with Crippen molar-refractivity contribution in [3.8, 4) is 11.5 Å². The van der Waals surface area contributed by atoms with Gasteiger partial charge < -0.3 is 9.47 Å². The van der Waals surface area contributed by atoms with Gasteiger partial charge in [0.05, 0.1) is 6.61 Å². The fourth-order valence-corrected chi connectivity index (χ4v) is 1.65. The van der Waals surface area contributed by atoms with E-state index in [0.717, 1.165) is 0 Å². The van der Waals surface area contributed by atoms with Gasteiger partial charge in [0.2, 0.25) is 0 Å². The van der Waals surface area contributed by atoms with Crippen LogP contribution in [0.4, 0.5) is 4.39 Å².